The maximum atomic E-state index is 12.3. The summed E-state index contributed by atoms with van der Waals surface area (Å²) in [5.41, 5.74) is -0.668. The van der Waals surface area contributed by atoms with Crippen LogP contribution in [-0.4, -0.2) is 47.4 Å². The van der Waals surface area contributed by atoms with Gasteiger partial charge in [0.05, 0.1) is 11.7 Å². The number of rotatable bonds is 2. The molecule has 2 heterocycles. The summed E-state index contributed by atoms with van der Waals surface area (Å²) in [5.74, 6) is -1.50. The molecule has 2 aliphatic heterocycles. The number of hydrogen-bond donors (Lipinski definition) is 0. The lowest BCUT2D eigenvalue weighted by Gasteiger charge is -2.32. The van der Waals surface area contributed by atoms with E-state index in [1.807, 2.05) is 32.9 Å². The van der Waals surface area contributed by atoms with Crippen LogP contribution in [0, 0.1) is 11.8 Å². The number of carbonyl (C=O) groups is 3. The first kappa shape index (κ1) is 23.5. The molecule has 7 atom stereocenters. The molecule has 0 N–H and O–H groups in total. The molecule has 2 saturated heterocycles. The summed E-state index contributed by atoms with van der Waals surface area (Å²) >= 11 is 0. The summed E-state index contributed by atoms with van der Waals surface area (Å²) in [7, 11) is 0. The fourth-order valence-corrected chi connectivity index (χ4v) is 4.88. The van der Waals surface area contributed by atoms with Crippen molar-refractivity contribution in [2.45, 2.75) is 96.2 Å². The van der Waals surface area contributed by atoms with E-state index in [-0.39, 0.29) is 29.5 Å². The molecule has 7 heteroatoms. The molecule has 3 aliphatic rings. The first-order valence-corrected chi connectivity index (χ1v) is 11.1. The summed E-state index contributed by atoms with van der Waals surface area (Å²) in [5, 5.41) is 0. The monoisotopic (exact) mass is 434 g/mol. The van der Waals surface area contributed by atoms with Crippen molar-refractivity contribution in [3.63, 3.8) is 0 Å². The molecule has 31 heavy (non-hydrogen) atoms. The Morgan fingerprint density at radius 2 is 1.94 bits per heavy atom. The van der Waals surface area contributed by atoms with E-state index in [4.69, 9.17) is 18.9 Å². The smallest absolute Gasteiger partial charge is 0.334 e. The molecular formula is C24H34O7. The van der Waals surface area contributed by atoms with Gasteiger partial charge in [0, 0.05) is 25.3 Å². The van der Waals surface area contributed by atoms with Crippen molar-refractivity contribution in [2.75, 3.05) is 0 Å². The number of carbonyl (C=O) groups excluding carboxylic acids is 3. The Hall–Kier alpha value is -2.15. The van der Waals surface area contributed by atoms with Gasteiger partial charge in [0.2, 0.25) is 0 Å². The standard InChI is InChI=1S/C24H34O7/c1-14-9-7-10-23(5,30-17(4)26)11-8-12-24(6)19(31-24)13-18-15(2)22(27)29-21(18)20(14)28-16(3)25/h8,11,14,18-21H,2,7,9-10,12-13H2,1,3-6H3/b11-8-/t14-,18-,19+,20+,21+,23-,24+/m0/s1. The van der Waals surface area contributed by atoms with Crippen molar-refractivity contribution in [3.05, 3.63) is 24.3 Å². The van der Waals surface area contributed by atoms with Crippen molar-refractivity contribution in [1.82, 2.24) is 0 Å². The normalized spacial score (nSPS) is 41.8. The molecule has 0 unspecified atom stereocenters. The molecule has 0 aromatic carbocycles. The van der Waals surface area contributed by atoms with E-state index in [9.17, 15) is 14.4 Å². The molecule has 172 valence electrons. The second kappa shape index (κ2) is 8.77. The van der Waals surface area contributed by atoms with Crippen molar-refractivity contribution in [2.24, 2.45) is 11.8 Å². The van der Waals surface area contributed by atoms with Crippen molar-refractivity contribution in [3.8, 4) is 0 Å². The number of hydrogen-bond acceptors (Lipinski definition) is 7. The van der Waals surface area contributed by atoms with Crippen LogP contribution in [0.25, 0.3) is 0 Å². The molecule has 0 spiro atoms. The maximum absolute atomic E-state index is 12.3. The fourth-order valence-electron chi connectivity index (χ4n) is 4.88. The van der Waals surface area contributed by atoms with Crippen LogP contribution >= 0.6 is 0 Å². The average molecular weight is 435 g/mol. The van der Waals surface area contributed by atoms with Gasteiger partial charge in [0.15, 0.2) is 0 Å². The molecule has 0 aromatic rings. The quantitative estimate of drug-likeness (QED) is 0.215. The molecular weight excluding hydrogens is 400 g/mol. The van der Waals surface area contributed by atoms with E-state index in [1.54, 1.807) is 0 Å². The number of ether oxygens (including phenoxy) is 4. The van der Waals surface area contributed by atoms with E-state index >= 15 is 0 Å². The predicted octanol–water partition coefficient (Wildman–Crippen LogP) is 3.65. The minimum Gasteiger partial charge on any atom is -0.458 e. The third kappa shape index (κ3) is 5.37. The lowest BCUT2D eigenvalue weighted by atomic mass is 9.81. The highest BCUT2D eigenvalue weighted by molar-refractivity contribution is 5.91. The van der Waals surface area contributed by atoms with E-state index in [1.165, 1.54) is 13.8 Å². The van der Waals surface area contributed by atoms with Crippen LogP contribution in [0.2, 0.25) is 0 Å². The average Bonchev–Trinajstić information content (AvgIpc) is 3.20. The largest absolute Gasteiger partial charge is 0.458 e. The number of esters is 3. The van der Waals surface area contributed by atoms with E-state index in [2.05, 4.69) is 6.58 Å². The van der Waals surface area contributed by atoms with Gasteiger partial charge in [-0.3, -0.25) is 9.59 Å². The van der Waals surface area contributed by atoms with Crippen molar-refractivity contribution in [1.29, 1.82) is 0 Å². The topological polar surface area (TPSA) is 91.4 Å². The summed E-state index contributed by atoms with van der Waals surface area (Å²) < 4.78 is 22.9. The molecule has 0 amide bonds. The van der Waals surface area contributed by atoms with Crippen LogP contribution in [-0.2, 0) is 33.3 Å². The minimum absolute atomic E-state index is 0.0601. The molecule has 0 aromatic heterocycles. The highest BCUT2D eigenvalue weighted by atomic mass is 16.6. The number of fused-ring (bicyclic) bond motifs is 2. The first-order chi connectivity index (χ1) is 14.4. The third-order valence-corrected chi connectivity index (χ3v) is 6.74. The first-order valence-electron chi connectivity index (χ1n) is 11.1. The Morgan fingerprint density at radius 1 is 1.23 bits per heavy atom. The van der Waals surface area contributed by atoms with Crippen LogP contribution in [0.1, 0.15) is 66.7 Å². The van der Waals surface area contributed by atoms with Crippen LogP contribution in [0.4, 0.5) is 0 Å². The summed E-state index contributed by atoms with van der Waals surface area (Å²) in [4.78, 5) is 35.9. The van der Waals surface area contributed by atoms with Crippen molar-refractivity contribution >= 4 is 17.9 Å². The van der Waals surface area contributed by atoms with Gasteiger partial charge >= 0.3 is 17.9 Å². The van der Waals surface area contributed by atoms with Crippen LogP contribution in [0.3, 0.4) is 0 Å². The molecule has 0 radical (unpaired) electrons. The zero-order valence-corrected chi connectivity index (χ0v) is 19.1. The van der Waals surface area contributed by atoms with Gasteiger partial charge in [-0.1, -0.05) is 19.6 Å². The molecule has 2 fully saturated rings. The zero-order valence-electron chi connectivity index (χ0n) is 19.1. The van der Waals surface area contributed by atoms with Crippen LogP contribution in [0.15, 0.2) is 24.3 Å². The third-order valence-electron chi connectivity index (χ3n) is 6.74. The maximum Gasteiger partial charge on any atom is 0.334 e. The fraction of sp³-hybridized carbons (Fsp3) is 0.708. The van der Waals surface area contributed by atoms with Gasteiger partial charge in [-0.2, -0.15) is 0 Å². The van der Waals surface area contributed by atoms with Gasteiger partial charge in [-0.25, -0.2) is 4.79 Å². The van der Waals surface area contributed by atoms with E-state index in [0.717, 1.165) is 6.42 Å². The van der Waals surface area contributed by atoms with Gasteiger partial charge in [-0.05, 0) is 57.9 Å². The summed E-state index contributed by atoms with van der Waals surface area (Å²) in [6.45, 7) is 12.6. The summed E-state index contributed by atoms with van der Waals surface area (Å²) in [6.07, 6.45) is 6.07. The Labute approximate surface area is 184 Å². The van der Waals surface area contributed by atoms with Gasteiger partial charge in [0.1, 0.15) is 17.8 Å². The Kier molecular flexibility index (Phi) is 6.65. The minimum atomic E-state index is -0.718. The van der Waals surface area contributed by atoms with Gasteiger partial charge in [-0.15, -0.1) is 0 Å². The predicted molar refractivity (Wildman–Crippen MR) is 113 cm³/mol. The lowest BCUT2D eigenvalue weighted by Crippen LogP contribution is -2.41. The summed E-state index contributed by atoms with van der Waals surface area (Å²) in [6, 6.07) is 0. The molecule has 0 bridgehead atoms. The lowest BCUT2D eigenvalue weighted by molar-refractivity contribution is -0.165. The van der Waals surface area contributed by atoms with Crippen LogP contribution < -0.4 is 0 Å². The van der Waals surface area contributed by atoms with Gasteiger partial charge in [0.25, 0.3) is 0 Å². The van der Waals surface area contributed by atoms with Gasteiger partial charge < -0.3 is 18.9 Å². The molecule has 1 aliphatic carbocycles. The van der Waals surface area contributed by atoms with E-state index in [0.29, 0.717) is 31.3 Å². The molecule has 7 nitrogen and oxygen atoms in total. The zero-order chi connectivity index (χ0) is 23.0. The van der Waals surface area contributed by atoms with E-state index < -0.39 is 29.7 Å². The molecule has 0 saturated carbocycles. The van der Waals surface area contributed by atoms with Crippen molar-refractivity contribution < 1.29 is 33.3 Å². The number of epoxide rings is 1. The van der Waals surface area contributed by atoms with Crippen LogP contribution in [0.5, 0.6) is 0 Å². The molecule has 3 rings (SSSR count). The Morgan fingerprint density at radius 3 is 2.58 bits per heavy atom. The second-order valence-corrected chi connectivity index (χ2v) is 9.61. The SMILES string of the molecule is C=C1C(=O)O[C@H]2[C@H](OC(C)=O)[C@@H](C)CCC[C@](C)(OC(C)=O)/C=C\C[C@@]3(C)O[C@@H]3C[C@@H]12. The Bertz CT molecular complexity index is 787. The highest BCUT2D eigenvalue weighted by Gasteiger charge is 2.56. The highest BCUT2D eigenvalue weighted by Crippen LogP contribution is 2.47. The Balaban J connectivity index is 1.89. The second-order valence-electron chi connectivity index (χ2n) is 9.61.